The van der Waals surface area contributed by atoms with Crippen LogP contribution in [0.3, 0.4) is 0 Å². The summed E-state index contributed by atoms with van der Waals surface area (Å²) in [5, 5.41) is 9.69. The molecule has 0 radical (unpaired) electrons. The molecular formula is C25H36IN5O2. The molecule has 0 aromatic heterocycles. The first-order chi connectivity index (χ1) is 15.7. The maximum atomic E-state index is 12.3. The summed E-state index contributed by atoms with van der Waals surface area (Å²) in [5.74, 6) is 0.830. The van der Waals surface area contributed by atoms with Crippen LogP contribution in [0.2, 0.25) is 0 Å². The SMILES string of the molecule is CCNC(=NCc1cccc(NC(=O)CCN2CCOCC2)c1)NCCc1ccccc1.I. The fourth-order valence-corrected chi connectivity index (χ4v) is 3.54. The fraction of sp³-hybridized carbons (Fsp3) is 0.440. The van der Waals surface area contributed by atoms with Crippen LogP contribution >= 0.6 is 24.0 Å². The number of rotatable bonds is 10. The fourth-order valence-electron chi connectivity index (χ4n) is 3.54. The molecule has 8 heteroatoms. The molecule has 0 aliphatic carbocycles. The van der Waals surface area contributed by atoms with Gasteiger partial charge in [-0.05, 0) is 36.6 Å². The molecule has 33 heavy (non-hydrogen) atoms. The minimum absolute atomic E-state index is 0. The van der Waals surface area contributed by atoms with Gasteiger partial charge in [0.2, 0.25) is 5.91 Å². The van der Waals surface area contributed by atoms with Crippen molar-refractivity contribution in [2.75, 3.05) is 51.3 Å². The summed E-state index contributed by atoms with van der Waals surface area (Å²) in [6.07, 6.45) is 1.43. The second-order valence-corrected chi connectivity index (χ2v) is 7.81. The molecule has 0 bridgehead atoms. The molecule has 0 atom stereocenters. The van der Waals surface area contributed by atoms with Crippen LogP contribution in [0.1, 0.15) is 24.5 Å². The Balaban J connectivity index is 0.00000385. The summed E-state index contributed by atoms with van der Waals surface area (Å²) in [6.45, 7) is 8.27. The Bertz CT molecular complexity index is 857. The van der Waals surface area contributed by atoms with E-state index in [0.717, 1.165) is 69.6 Å². The number of carbonyl (C=O) groups excluding carboxylic acids is 1. The van der Waals surface area contributed by atoms with Crippen molar-refractivity contribution < 1.29 is 9.53 Å². The third kappa shape index (κ3) is 10.5. The number of halogens is 1. The lowest BCUT2D eigenvalue weighted by atomic mass is 10.1. The molecule has 7 nitrogen and oxygen atoms in total. The van der Waals surface area contributed by atoms with Crippen molar-refractivity contribution in [3.63, 3.8) is 0 Å². The van der Waals surface area contributed by atoms with E-state index < -0.39 is 0 Å². The monoisotopic (exact) mass is 565 g/mol. The van der Waals surface area contributed by atoms with E-state index in [9.17, 15) is 4.79 Å². The third-order valence-corrected chi connectivity index (χ3v) is 5.28. The zero-order valence-corrected chi connectivity index (χ0v) is 21.7. The van der Waals surface area contributed by atoms with Crippen LogP contribution in [0.15, 0.2) is 59.6 Å². The normalized spacial score (nSPS) is 14.3. The van der Waals surface area contributed by atoms with Crippen LogP contribution in [-0.4, -0.2) is 62.7 Å². The smallest absolute Gasteiger partial charge is 0.225 e. The first kappa shape index (κ1) is 27.1. The second-order valence-electron chi connectivity index (χ2n) is 7.81. The van der Waals surface area contributed by atoms with Crippen molar-refractivity contribution in [1.29, 1.82) is 0 Å². The molecule has 0 unspecified atom stereocenters. The van der Waals surface area contributed by atoms with E-state index in [4.69, 9.17) is 9.73 Å². The molecule has 2 aromatic carbocycles. The number of anilines is 1. The summed E-state index contributed by atoms with van der Waals surface area (Å²) < 4.78 is 5.35. The number of nitrogens with zero attached hydrogens (tertiary/aromatic N) is 2. The molecule has 0 spiro atoms. The topological polar surface area (TPSA) is 78.0 Å². The molecule has 1 aliphatic rings. The van der Waals surface area contributed by atoms with E-state index in [0.29, 0.717) is 13.0 Å². The maximum absolute atomic E-state index is 12.3. The maximum Gasteiger partial charge on any atom is 0.225 e. The van der Waals surface area contributed by atoms with E-state index in [1.54, 1.807) is 0 Å². The molecule has 1 fully saturated rings. The van der Waals surface area contributed by atoms with Crippen LogP contribution in [0.5, 0.6) is 0 Å². The first-order valence-electron chi connectivity index (χ1n) is 11.5. The van der Waals surface area contributed by atoms with Gasteiger partial charge in [0.05, 0.1) is 19.8 Å². The van der Waals surface area contributed by atoms with E-state index >= 15 is 0 Å². The number of guanidine groups is 1. The summed E-state index contributed by atoms with van der Waals surface area (Å²) in [7, 11) is 0. The molecule has 2 aromatic rings. The number of hydrogen-bond donors (Lipinski definition) is 3. The van der Waals surface area contributed by atoms with Crippen molar-refractivity contribution >= 4 is 41.5 Å². The Morgan fingerprint density at radius 1 is 1.03 bits per heavy atom. The predicted molar refractivity (Wildman–Crippen MR) is 145 cm³/mol. The van der Waals surface area contributed by atoms with Gasteiger partial charge in [0.15, 0.2) is 5.96 Å². The Morgan fingerprint density at radius 2 is 1.79 bits per heavy atom. The van der Waals surface area contributed by atoms with Crippen molar-refractivity contribution in [3.05, 3.63) is 65.7 Å². The van der Waals surface area contributed by atoms with E-state index in [1.165, 1.54) is 5.56 Å². The van der Waals surface area contributed by atoms with Crippen LogP contribution < -0.4 is 16.0 Å². The Morgan fingerprint density at radius 3 is 2.55 bits per heavy atom. The van der Waals surface area contributed by atoms with Crippen molar-refractivity contribution in [2.24, 2.45) is 4.99 Å². The summed E-state index contributed by atoms with van der Waals surface area (Å²) in [4.78, 5) is 19.3. The van der Waals surface area contributed by atoms with Crippen molar-refractivity contribution in [1.82, 2.24) is 15.5 Å². The highest BCUT2D eigenvalue weighted by Gasteiger charge is 2.12. The van der Waals surface area contributed by atoms with E-state index in [1.807, 2.05) is 30.3 Å². The average Bonchev–Trinajstić information content (AvgIpc) is 2.83. The largest absolute Gasteiger partial charge is 0.379 e. The van der Waals surface area contributed by atoms with Gasteiger partial charge in [-0.25, -0.2) is 4.99 Å². The number of aliphatic imine (C=N–C) groups is 1. The number of nitrogens with one attached hydrogen (secondary N) is 3. The lowest BCUT2D eigenvalue weighted by molar-refractivity contribution is -0.116. The molecule has 1 heterocycles. The third-order valence-electron chi connectivity index (χ3n) is 5.28. The molecule has 3 N–H and O–H groups in total. The number of hydrogen-bond acceptors (Lipinski definition) is 4. The molecule has 1 amide bonds. The van der Waals surface area contributed by atoms with Crippen molar-refractivity contribution in [3.8, 4) is 0 Å². The van der Waals surface area contributed by atoms with Gasteiger partial charge < -0.3 is 20.7 Å². The standard InChI is InChI=1S/C25H35N5O2.HI/c1-2-26-25(27-13-11-21-7-4-3-5-8-21)28-20-22-9-6-10-23(19-22)29-24(31)12-14-30-15-17-32-18-16-30;/h3-10,19H,2,11-18,20H2,1H3,(H,29,31)(H2,26,27,28);1H. The lowest BCUT2D eigenvalue weighted by Gasteiger charge is -2.26. The van der Waals surface area contributed by atoms with Gasteiger partial charge in [0.25, 0.3) is 0 Å². The number of carbonyl (C=O) groups is 1. The molecule has 1 saturated heterocycles. The molecular weight excluding hydrogens is 529 g/mol. The van der Waals surface area contributed by atoms with Gasteiger partial charge in [-0.2, -0.15) is 0 Å². The van der Waals surface area contributed by atoms with Crippen molar-refractivity contribution in [2.45, 2.75) is 26.3 Å². The van der Waals surface area contributed by atoms with Gasteiger partial charge in [-0.3, -0.25) is 9.69 Å². The number of morpholine rings is 1. The van der Waals surface area contributed by atoms with Crippen LogP contribution in [0, 0.1) is 0 Å². The van der Waals surface area contributed by atoms with Gasteiger partial charge in [0.1, 0.15) is 0 Å². The minimum Gasteiger partial charge on any atom is -0.379 e. The Hall–Kier alpha value is -2.17. The summed E-state index contributed by atoms with van der Waals surface area (Å²) >= 11 is 0. The van der Waals surface area contributed by atoms with E-state index in [2.05, 4.69) is 52.0 Å². The average molecular weight is 566 g/mol. The number of benzene rings is 2. The Kier molecular flexibility index (Phi) is 12.8. The van der Waals surface area contributed by atoms with Crippen LogP contribution in [-0.2, 0) is 22.5 Å². The lowest BCUT2D eigenvalue weighted by Crippen LogP contribution is -2.38. The predicted octanol–water partition coefficient (Wildman–Crippen LogP) is 3.26. The molecule has 3 rings (SSSR count). The van der Waals surface area contributed by atoms with Gasteiger partial charge >= 0.3 is 0 Å². The molecule has 1 aliphatic heterocycles. The highest BCUT2D eigenvalue weighted by Crippen LogP contribution is 2.12. The second kappa shape index (κ2) is 15.6. The zero-order valence-electron chi connectivity index (χ0n) is 19.4. The number of ether oxygens (including phenoxy) is 1. The van der Waals surface area contributed by atoms with Crippen LogP contribution in [0.25, 0.3) is 0 Å². The number of amides is 1. The first-order valence-corrected chi connectivity index (χ1v) is 11.5. The zero-order chi connectivity index (χ0) is 22.4. The highest BCUT2D eigenvalue weighted by atomic mass is 127. The summed E-state index contributed by atoms with van der Waals surface area (Å²) in [5.41, 5.74) is 3.16. The molecule has 180 valence electrons. The van der Waals surface area contributed by atoms with Crippen LogP contribution in [0.4, 0.5) is 5.69 Å². The van der Waals surface area contributed by atoms with Gasteiger partial charge in [-0.15, -0.1) is 24.0 Å². The quantitative estimate of drug-likeness (QED) is 0.234. The molecule has 0 saturated carbocycles. The highest BCUT2D eigenvalue weighted by molar-refractivity contribution is 14.0. The minimum atomic E-state index is 0. The Labute approximate surface area is 214 Å². The van der Waals surface area contributed by atoms with E-state index in [-0.39, 0.29) is 29.9 Å². The summed E-state index contributed by atoms with van der Waals surface area (Å²) in [6, 6.07) is 18.3. The van der Waals surface area contributed by atoms with Gasteiger partial charge in [-0.1, -0.05) is 42.5 Å². The van der Waals surface area contributed by atoms with Gasteiger partial charge in [0, 0.05) is 44.8 Å².